The van der Waals surface area contributed by atoms with Crippen LogP contribution < -0.4 is 16.2 Å². The molecule has 2 aromatic carbocycles. The molecule has 0 aromatic heterocycles. The Kier molecular flexibility index (Phi) is 5.96. The molecule has 1 atom stereocenters. The lowest BCUT2D eigenvalue weighted by Crippen LogP contribution is -2.42. The molecule has 2 rings (SSSR count). The monoisotopic (exact) mass is 376 g/mol. The smallest absolute Gasteiger partial charge is 0.322 e. The van der Waals surface area contributed by atoms with E-state index in [2.05, 4.69) is 9.71 Å². The summed E-state index contributed by atoms with van der Waals surface area (Å²) >= 11 is 0. The van der Waals surface area contributed by atoms with Crippen LogP contribution in [0.2, 0.25) is 0 Å². The summed E-state index contributed by atoms with van der Waals surface area (Å²) in [4.78, 5) is 15.4. The maximum atomic E-state index is 12.4. The van der Waals surface area contributed by atoms with Gasteiger partial charge in [0.05, 0.1) is 10.6 Å². The molecule has 138 valence electrons. The van der Waals surface area contributed by atoms with Crippen molar-refractivity contribution in [1.29, 1.82) is 0 Å². The van der Waals surface area contributed by atoms with Gasteiger partial charge >= 0.3 is 5.97 Å². The van der Waals surface area contributed by atoms with E-state index in [0.717, 1.165) is 5.56 Å². The molecular formula is C17H20N4O4S. The van der Waals surface area contributed by atoms with E-state index in [1.54, 1.807) is 36.4 Å². The van der Waals surface area contributed by atoms with Gasteiger partial charge in [-0.05, 0) is 43.2 Å². The minimum atomic E-state index is -3.95. The number of benzene rings is 2. The number of carbonyl (C=O) groups is 1. The van der Waals surface area contributed by atoms with Gasteiger partial charge in [-0.25, -0.2) is 13.4 Å². The second kappa shape index (κ2) is 7.98. The van der Waals surface area contributed by atoms with Crippen LogP contribution in [0.25, 0.3) is 0 Å². The van der Waals surface area contributed by atoms with E-state index in [4.69, 9.17) is 11.5 Å². The summed E-state index contributed by atoms with van der Waals surface area (Å²) in [5, 5.41) is 9.38. The van der Waals surface area contributed by atoms with E-state index >= 15 is 0 Å². The maximum Gasteiger partial charge on any atom is 0.322 e. The summed E-state index contributed by atoms with van der Waals surface area (Å²) in [6, 6.07) is 11.3. The first-order valence-corrected chi connectivity index (χ1v) is 9.16. The number of carboxylic acids is 1. The quantitative estimate of drug-likeness (QED) is 0.416. The lowest BCUT2D eigenvalue weighted by Gasteiger charge is -2.15. The van der Waals surface area contributed by atoms with Gasteiger partial charge in [0.25, 0.3) is 0 Å². The number of hydrogen-bond donors (Lipinski definition) is 4. The highest BCUT2D eigenvalue weighted by molar-refractivity contribution is 7.89. The van der Waals surface area contributed by atoms with E-state index in [1.165, 1.54) is 12.1 Å². The van der Waals surface area contributed by atoms with E-state index in [-0.39, 0.29) is 17.3 Å². The average Bonchev–Trinajstić information content (AvgIpc) is 2.55. The van der Waals surface area contributed by atoms with Gasteiger partial charge in [-0.3, -0.25) is 4.79 Å². The topological polar surface area (TPSA) is 148 Å². The first-order chi connectivity index (χ1) is 12.2. The lowest BCUT2D eigenvalue weighted by molar-refractivity contribution is -0.138. The van der Waals surface area contributed by atoms with E-state index in [1.807, 2.05) is 6.92 Å². The summed E-state index contributed by atoms with van der Waals surface area (Å²) in [6.45, 7) is 1.83. The van der Waals surface area contributed by atoms with Crippen LogP contribution in [0.4, 0.5) is 5.69 Å². The van der Waals surface area contributed by atoms with Gasteiger partial charge in [0.2, 0.25) is 10.0 Å². The molecule has 0 saturated heterocycles. The molecule has 2 aromatic rings. The first-order valence-electron chi connectivity index (χ1n) is 7.68. The zero-order valence-corrected chi connectivity index (χ0v) is 14.9. The van der Waals surface area contributed by atoms with Gasteiger partial charge in [-0.1, -0.05) is 29.8 Å². The Balaban J connectivity index is 2.17. The Labute approximate surface area is 151 Å². The summed E-state index contributed by atoms with van der Waals surface area (Å²) in [5.74, 6) is -1.36. The normalized spacial score (nSPS) is 12.3. The zero-order chi connectivity index (χ0) is 19.3. The number of nitrogens with two attached hydrogens (primary N) is 2. The van der Waals surface area contributed by atoms with Gasteiger partial charge < -0.3 is 16.6 Å². The Morgan fingerprint density at radius 2 is 1.69 bits per heavy atom. The number of hydrogen-bond acceptors (Lipinski definition) is 4. The van der Waals surface area contributed by atoms with Gasteiger partial charge in [0, 0.05) is 0 Å². The molecule has 6 N–H and O–H groups in total. The van der Waals surface area contributed by atoms with Crippen LogP contribution in [-0.2, 0) is 21.2 Å². The average molecular weight is 376 g/mol. The molecule has 0 bridgehead atoms. The van der Waals surface area contributed by atoms with Crippen LogP contribution in [-0.4, -0.2) is 31.5 Å². The fourth-order valence-electron chi connectivity index (χ4n) is 2.24. The Hall–Kier alpha value is -2.91. The second-order valence-corrected chi connectivity index (χ2v) is 7.45. The number of carboxylic acid groups (broad SMARTS) is 1. The minimum absolute atomic E-state index is 0.0115. The molecule has 0 saturated carbocycles. The number of nitrogens with one attached hydrogen (secondary N) is 1. The molecule has 0 heterocycles. The van der Waals surface area contributed by atoms with Crippen molar-refractivity contribution in [3.63, 3.8) is 0 Å². The number of aryl methyl sites for hydroxylation is 1. The third kappa shape index (κ3) is 5.30. The number of nitrogens with zero attached hydrogens (tertiary/aromatic N) is 1. The van der Waals surface area contributed by atoms with Gasteiger partial charge in [-0.15, -0.1) is 0 Å². The zero-order valence-electron chi connectivity index (χ0n) is 14.1. The predicted octanol–water partition coefficient (Wildman–Crippen LogP) is 0.874. The van der Waals surface area contributed by atoms with Crippen LogP contribution in [0.3, 0.4) is 0 Å². The molecule has 0 amide bonds. The van der Waals surface area contributed by atoms with Crippen LogP contribution in [0, 0.1) is 6.92 Å². The fraction of sp³-hybridized carbons (Fsp3) is 0.176. The van der Waals surface area contributed by atoms with Crippen LogP contribution in [0.5, 0.6) is 0 Å². The SMILES string of the molecule is Cc1ccc(S(=O)(=O)N[C@@H](Cc2ccc(N=C(N)N)cc2)C(=O)O)cc1. The molecule has 9 heteroatoms. The highest BCUT2D eigenvalue weighted by atomic mass is 32.2. The highest BCUT2D eigenvalue weighted by Gasteiger charge is 2.25. The molecule has 8 nitrogen and oxygen atoms in total. The lowest BCUT2D eigenvalue weighted by atomic mass is 10.1. The number of aliphatic imine (C=N–C) groups is 1. The molecule has 0 unspecified atom stereocenters. The molecule has 0 spiro atoms. The number of guanidine groups is 1. The standard InChI is InChI=1S/C17H20N4O4S/c1-11-2-8-14(9-3-11)26(24,25)21-15(16(22)23)10-12-4-6-13(7-5-12)20-17(18)19/h2-9,15,21H,10H2,1H3,(H,22,23)(H4,18,19,20)/t15-/m0/s1. The molecule has 0 radical (unpaired) electrons. The van der Waals surface area contributed by atoms with Crippen molar-refractivity contribution in [1.82, 2.24) is 4.72 Å². The van der Waals surface area contributed by atoms with Crippen molar-refractivity contribution in [3.05, 3.63) is 59.7 Å². The Morgan fingerprint density at radius 1 is 1.12 bits per heavy atom. The summed E-state index contributed by atoms with van der Waals surface area (Å²) < 4.78 is 27.0. The van der Waals surface area contributed by atoms with Gasteiger partial charge in [0.1, 0.15) is 6.04 Å². The molecule has 0 aliphatic rings. The largest absolute Gasteiger partial charge is 0.480 e. The van der Waals surface area contributed by atoms with E-state index in [9.17, 15) is 18.3 Å². The van der Waals surface area contributed by atoms with Gasteiger partial charge in [-0.2, -0.15) is 4.72 Å². The predicted molar refractivity (Wildman–Crippen MR) is 98.5 cm³/mol. The molecule has 0 fully saturated rings. The third-order valence-corrected chi connectivity index (χ3v) is 5.05. The Morgan fingerprint density at radius 3 is 2.19 bits per heavy atom. The van der Waals surface area contributed by atoms with Crippen LogP contribution in [0.1, 0.15) is 11.1 Å². The van der Waals surface area contributed by atoms with Crippen molar-refractivity contribution in [2.75, 3.05) is 0 Å². The van der Waals surface area contributed by atoms with Crippen molar-refractivity contribution in [2.45, 2.75) is 24.3 Å². The Bertz CT molecular complexity index is 903. The van der Waals surface area contributed by atoms with Crippen LogP contribution >= 0.6 is 0 Å². The summed E-state index contributed by atoms with van der Waals surface area (Å²) in [5.41, 5.74) is 12.6. The fourth-order valence-corrected chi connectivity index (χ4v) is 3.43. The third-order valence-electron chi connectivity index (χ3n) is 3.56. The van der Waals surface area contributed by atoms with Crippen LogP contribution in [0.15, 0.2) is 58.4 Å². The molecular weight excluding hydrogens is 356 g/mol. The number of aliphatic carboxylic acids is 1. The second-order valence-electron chi connectivity index (χ2n) is 5.73. The first kappa shape index (κ1) is 19.4. The molecule has 0 aliphatic carbocycles. The summed E-state index contributed by atoms with van der Waals surface area (Å²) in [7, 11) is -3.95. The van der Waals surface area contributed by atoms with Crippen molar-refractivity contribution < 1.29 is 18.3 Å². The van der Waals surface area contributed by atoms with Crippen molar-refractivity contribution >= 4 is 27.6 Å². The molecule has 26 heavy (non-hydrogen) atoms. The van der Waals surface area contributed by atoms with Crippen molar-refractivity contribution in [2.24, 2.45) is 16.5 Å². The van der Waals surface area contributed by atoms with E-state index in [0.29, 0.717) is 11.3 Å². The van der Waals surface area contributed by atoms with Gasteiger partial charge in [0.15, 0.2) is 5.96 Å². The number of sulfonamides is 1. The van der Waals surface area contributed by atoms with E-state index < -0.39 is 22.0 Å². The minimum Gasteiger partial charge on any atom is -0.480 e. The molecule has 0 aliphatic heterocycles. The van der Waals surface area contributed by atoms with Crippen molar-refractivity contribution in [3.8, 4) is 0 Å². The highest BCUT2D eigenvalue weighted by Crippen LogP contribution is 2.16. The summed E-state index contributed by atoms with van der Waals surface area (Å²) in [6.07, 6.45) is -0.0253. The number of rotatable bonds is 7. The maximum absolute atomic E-state index is 12.4.